The SMILES string of the molecule is COc1cnn(C)c1C(N)Cc1ccncc1. The second-order valence-electron chi connectivity index (χ2n) is 3.89. The van der Waals surface area contributed by atoms with Crippen molar-refractivity contribution in [2.75, 3.05) is 7.11 Å². The van der Waals surface area contributed by atoms with E-state index in [0.717, 1.165) is 23.4 Å². The van der Waals surface area contributed by atoms with Gasteiger partial charge in [0.1, 0.15) is 0 Å². The molecule has 2 N–H and O–H groups in total. The molecule has 2 heterocycles. The molecule has 0 aliphatic heterocycles. The highest BCUT2D eigenvalue weighted by Gasteiger charge is 2.17. The summed E-state index contributed by atoms with van der Waals surface area (Å²) in [6.45, 7) is 0. The van der Waals surface area contributed by atoms with Crippen molar-refractivity contribution in [3.63, 3.8) is 0 Å². The Hall–Kier alpha value is -1.88. The third kappa shape index (κ3) is 2.45. The standard InChI is InChI=1S/C12H16N4O/c1-16-12(11(17-2)8-15-16)10(13)7-9-3-5-14-6-4-9/h3-6,8,10H,7,13H2,1-2H3. The zero-order valence-corrected chi connectivity index (χ0v) is 10.00. The maximum absolute atomic E-state index is 6.19. The topological polar surface area (TPSA) is 66.0 Å². The molecule has 2 rings (SSSR count). The Morgan fingerprint density at radius 2 is 2.12 bits per heavy atom. The van der Waals surface area contributed by atoms with Gasteiger partial charge in [0.05, 0.1) is 25.0 Å². The maximum atomic E-state index is 6.19. The summed E-state index contributed by atoms with van der Waals surface area (Å²) < 4.78 is 7.00. The van der Waals surface area contributed by atoms with Gasteiger partial charge in [0, 0.05) is 19.4 Å². The minimum absolute atomic E-state index is 0.139. The van der Waals surface area contributed by atoms with Gasteiger partial charge in [-0.3, -0.25) is 9.67 Å². The highest BCUT2D eigenvalue weighted by Crippen LogP contribution is 2.24. The van der Waals surface area contributed by atoms with E-state index in [1.165, 1.54) is 0 Å². The van der Waals surface area contributed by atoms with Gasteiger partial charge in [-0.05, 0) is 24.1 Å². The molecule has 0 aliphatic rings. The highest BCUT2D eigenvalue weighted by atomic mass is 16.5. The Morgan fingerprint density at radius 3 is 2.76 bits per heavy atom. The number of pyridine rings is 1. The van der Waals surface area contributed by atoms with Gasteiger partial charge in [-0.2, -0.15) is 5.10 Å². The second-order valence-corrected chi connectivity index (χ2v) is 3.89. The van der Waals surface area contributed by atoms with Crippen LogP contribution in [0.1, 0.15) is 17.3 Å². The molecule has 0 bridgehead atoms. The third-order valence-corrected chi connectivity index (χ3v) is 2.73. The first kappa shape index (κ1) is 11.6. The molecule has 5 nitrogen and oxygen atoms in total. The van der Waals surface area contributed by atoms with Crippen LogP contribution in [-0.2, 0) is 13.5 Å². The Bertz CT molecular complexity index is 481. The van der Waals surface area contributed by atoms with Crippen molar-refractivity contribution in [3.05, 3.63) is 42.0 Å². The van der Waals surface area contributed by atoms with Gasteiger partial charge in [-0.15, -0.1) is 0 Å². The van der Waals surface area contributed by atoms with Crippen LogP contribution in [0.4, 0.5) is 0 Å². The fourth-order valence-corrected chi connectivity index (χ4v) is 1.88. The van der Waals surface area contributed by atoms with E-state index in [0.29, 0.717) is 0 Å². The van der Waals surface area contributed by atoms with Crippen LogP contribution in [0, 0.1) is 0 Å². The van der Waals surface area contributed by atoms with Gasteiger partial charge < -0.3 is 10.5 Å². The molecule has 17 heavy (non-hydrogen) atoms. The molecule has 0 saturated heterocycles. The predicted molar refractivity (Wildman–Crippen MR) is 64.6 cm³/mol. The number of rotatable bonds is 4. The van der Waals surface area contributed by atoms with E-state index in [2.05, 4.69) is 10.1 Å². The summed E-state index contributed by atoms with van der Waals surface area (Å²) in [6, 6.07) is 3.78. The van der Waals surface area contributed by atoms with Crippen molar-refractivity contribution in [2.24, 2.45) is 12.8 Å². The molecule has 0 spiro atoms. The van der Waals surface area contributed by atoms with E-state index in [-0.39, 0.29) is 6.04 Å². The lowest BCUT2D eigenvalue weighted by Gasteiger charge is -2.13. The molecule has 5 heteroatoms. The van der Waals surface area contributed by atoms with Crippen molar-refractivity contribution in [1.82, 2.24) is 14.8 Å². The summed E-state index contributed by atoms with van der Waals surface area (Å²) in [5.41, 5.74) is 8.24. The van der Waals surface area contributed by atoms with Crippen LogP contribution < -0.4 is 10.5 Å². The zero-order valence-electron chi connectivity index (χ0n) is 10.00. The third-order valence-electron chi connectivity index (χ3n) is 2.73. The molecular formula is C12H16N4O. The fraction of sp³-hybridized carbons (Fsp3) is 0.333. The number of nitrogens with two attached hydrogens (primary N) is 1. The lowest BCUT2D eigenvalue weighted by molar-refractivity contribution is 0.402. The first-order valence-electron chi connectivity index (χ1n) is 5.42. The van der Waals surface area contributed by atoms with Gasteiger partial charge in [0.2, 0.25) is 0 Å². The largest absolute Gasteiger partial charge is 0.493 e. The maximum Gasteiger partial charge on any atom is 0.161 e. The van der Waals surface area contributed by atoms with Crippen molar-refractivity contribution in [2.45, 2.75) is 12.5 Å². The van der Waals surface area contributed by atoms with Crippen molar-refractivity contribution in [1.29, 1.82) is 0 Å². The quantitative estimate of drug-likeness (QED) is 0.856. The lowest BCUT2D eigenvalue weighted by atomic mass is 10.0. The van der Waals surface area contributed by atoms with E-state index in [4.69, 9.17) is 10.5 Å². The molecule has 0 radical (unpaired) electrons. The van der Waals surface area contributed by atoms with Crippen molar-refractivity contribution >= 4 is 0 Å². The molecule has 2 aromatic rings. The number of nitrogens with zero attached hydrogens (tertiary/aromatic N) is 3. The molecule has 1 unspecified atom stereocenters. The van der Waals surface area contributed by atoms with E-state index in [1.54, 1.807) is 30.4 Å². The minimum atomic E-state index is -0.139. The second kappa shape index (κ2) is 4.97. The zero-order chi connectivity index (χ0) is 12.3. The van der Waals surface area contributed by atoms with Crippen LogP contribution in [-0.4, -0.2) is 21.9 Å². The van der Waals surface area contributed by atoms with Crippen LogP contribution in [0.3, 0.4) is 0 Å². The number of aryl methyl sites for hydroxylation is 1. The predicted octanol–water partition coefficient (Wildman–Crippen LogP) is 1.07. The first-order valence-corrected chi connectivity index (χ1v) is 5.42. The van der Waals surface area contributed by atoms with Crippen LogP contribution in [0.5, 0.6) is 5.75 Å². The number of aromatic nitrogens is 3. The Balaban J connectivity index is 2.20. The van der Waals surface area contributed by atoms with Crippen LogP contribution in [0.25, 0.3) is 0 Å². The van der Waals surface area contributed by atoms with E-state index < -0.39 is 0 Å². The molecule has 90 valence electrons. The summed E-state index contributed by atoms with van der Waals surface area (Å²) in [5, 5.41) is 4.15. The van der Waals surface area contributed by atoms with Crippen LogP contribution >= 0.6 is 0 Å². The first-order chi connectivity index (χ1) is 8.22. The van der Waals surface area contributed by atoms with E-state index in [9.17, 15) is 0 Å². The van der Waals surface area contributed by atoms with E-state index in [1.807, 2.05) is 19.2 Å². The van der Waals surface area contributed by atoms with Crippen LogP contribution in [0.2, 0.25) is 0 Å². The molecule has 0 aliphatic carbocycles. The summed E-state index contributed by atoms with van der Waals surface area (Å²) in [6.07, 6.45) is 5.95. The molecule has 2 aromatic heterocycles. The highest BCUT2D eigenvalue weighted by molar-refractivity contribution is 5.29. The Kier molecular flexibility index (Phi) is 3.39. The lowest BCUT2D eigenvalue weighted by Crippen LogP contribution is -2.18. The molecule has 0 amide bonds. The van der Waals surface area contributed by atoms with Gasteiger partial charge >= 0.3 is 0 Å². The molecule has 1 atom stereocenters. The minimum Gasteiger partial charge on any atom is -0.493 e. The van der Waals surface area contributed by atoms with Crippen molar-refractivity contribution in [3.8, 4) is 5.75 Å². The van der Waals surface area contributed by atoms with Gasteiger partial charge in [-0.1, -0.05) is 0 Å². The average molecular weight is 232 g/mol. The fourth-order valence-electron chi connectivity index (χ4n) is 1.88. The van der Waals surface area contributed by atoms with E-state index >= 15 is 0 Å². The number of ether oxygens (including phenoxy) is 1. The smallest absolute Gasteiger partial charge is 0.161 e. The summed E-state index contributed by atoms with van der Waals surface area (Å²) in [5.74, 6) is 0.731. The summed E-state index contributed by atoms with van der Waals surface area (Å²) in [4.78, 5) is 3.98. The number of methoxy groups -OCH3 is 1. The summed E-state index contributed by atoms with van der Waals surface area (Å²) >= 11 is 0. The molecule has 0 saturated carbocycles. The Labute approximate surface area is 100 Å². The monoisotopic (exact) mass is 232 g/mol. The normalized spacial score (nSPS) is 12.4. The summed E-state index contributed by atoms with van der Waals surface area (Å²) in [7, 11) is 3.49. The number of hydrogen-bond acceptors (Lipinski definition) is 4. The van der Waals surface area contributed by atoms with Crippen LogP contribution in [0.15, 0.2) is 30.7 Å². The van der Waals surface area contributed by atoms with Gasteiger partial charge in [0.15, 0.2) is 5.75 Å². The molecular weight excluding hydrogens is 216 g/mol. The van der Waals surface area contributed by atoms with Gasteiger partial charge in [0.25, 0.3) is 0 Å². The van der Waals surface area contributed by atoms with Crippen molar-refractivity contribution < 1.29 is 4.74 Å². The van der Waals surface area contributed by atoms with Gasteiger partial charge in [-0.25, -0.2) is 0 Å². The molecule has 0 aromatic carbocycles. The number of hydrogen-bond donors (Lipinski definition) is 1. The molecule has 0 fully saturated rings. The Morgan fingerprint density at radius 1 is 1.41 bits per heavy atom. The average Bonchev–Trinajstić information content (AvgIpc) is 2.71.